The van der Waals surface area contributed by atoms with Gasteiger partial charge in [-0.25, -0.2) is 4.39 Å². The number of halogens is 1. The van der Waals surface area contributed by atoms with E-state index in [-0.39, 0.29) is 5.83 Å². The van der Waals surface area contributed by atoms with Crippen molar-refractivity contribution in [1.29, 1.82) is 0 Å². The number of benzene rings is 1. The van der Waals surface area contributed by atoms with Gasteiger partial charge in [0.25, 0.3) is 0 Å². The first-order valence-corrected chi connectivity index (χ1v) is 6.85. The zero-order valence-electron chi connectivity index (χ0n) is 12.2. The normalized spacial score (nSPS) is 12.6. The second-order valence-corrected chi connectivity index (χ2v) is 4.82. The third kappa shape index (κ3) is 4.51. The summed E-state index contributed by atoms with van der Waals surface area (Å²) >= 11 is 0. The third-order valence-corrected chi connectivity index (χ3v) is 3.15. The molecule has 0 saturated heterocycles. The number of hydrogen-bond donors (Lipinski definition) is 0. The molecule has 0 nitrogen and oxygen atoms in total. The summed E-state index contributed by atoms with van der Waals surface area (Å²) in [6, 6.07) is 6.13. The van der Waals surface area contributed by atoms with E-state index in [1.54, 1.807) is 12.2 Å². The molecule has 0 spiro atoms. The average Bonchev–Trinajstić information content (AvgIpc) is 2.36. The molecular weight excluding hydrogens is 235 g/mol. The zero-order valence-corrected chi connectivity index (χ0v) is 12.2. The van der Waals surface area contributed by atoms with Crippen LogP contribution in [0.3, 0.4) is 0 Å². The molecule has 0 aliphatic carbocycles. The van der Waals surface area contributed by atoms with Crippen molar-refractivity contribution in [2.75, 3.05) is 0 Å². The molecule has 0 unspecified atom stereocenters. The molecule has 1 heteroatoms. The first-order valence-electron chi connectivity index (χ1n) is 6.85. The summed E-state index contributed by atoms with van der Waals surface area (Å²) in [5.74, 6) is -0.0578. The molecule has 19 heavy (non-hydrogen) atoms. The lowest BCUT2D eigenvalue weighted by Crippen LogP contribution is -1.92. The van der Waals surface area contributed by atoms with Gasteiger partial charge in [-0.2, -0.15) is 0 Å². The maximum absolute atomic E-state index is 13.9. The lowest BCUT2D eigenvalue weighted by Gasteiger charge is -2.11. The predicted molar refractivity (Wildman–Crippen MR) is 82.8 cm³/mol. The largest absolute Gasteiger partial charge is 0.212 e. The van der Waals surface area contributed by atoms with Crippen LogP contribution in [-0.2, 0) is 0 Å². The van der Waals surface area contributed by atoms with E-state index in [9.17, 15) is 4.39 Å². The van der Waals surface area contributed by atoms with Gasteiger partial charge in [0.05, 0.1) is 0 Å². The lowest BCUT2D eigenvalue weighted by molar-refractivity contribution is 0.571. The summed E-state index contributed by atoms with van der Waals surface area (Å²) in [6.07, 6.45) is 7.63. The summed E-state index contributed by atoms with van der Waals surface area (Å²) in [4.78, 5) is 0. The van der Waals surface area contributed by atoms with Gasteiger partial charge >= 0.3 is 0 Å². The fourth-order valence-corrected chi connectivity index (χ4v) is 2.19. The maximum Gasteiger partial charge on any atom is 0.101 e. The van der Waals surface area contributed by atoms with Crippen molar-refractivity contribution in [2.45, 2.75) is 40.0 Å². The first kappa shape index (κ1) is 15.4. The zero-order chi connectivity index (χ0) is 14.3. The Balaban J connectivity index is 3.15. The molecule has 0 bridgehead atoms. The van der Waals surface area contributed by atoms with Gasteiger partial charge in [-0.3, -0.25) is 0 Å². The maximum atomic E-state index is 13.9. The van der Waals surface area contributed by atoms with Crippen molar-refractivity contribution >= 4 is 5.57 Å². The monoisotopic (exact) mass is 258 g/mol. The molecule has 0 aliphatic rings. The van der Waals surface area contributed by atoms with Crippen LogP contribution in [0.15, 0.2) is 48.8 Å². The summed E-state index contributed by atoms with van der Waals surface area (Å²) in [5.41, 5.74) is 4.33. The topological polar surface area (TPSA) is 0 Å². The van der Waals surface area contributed by atoms with Crippen LogP contribution < -0.4 is 0 Å². The van der Waals surface area contributed by atoms with Gasteiger partial charge in [-0.05, 0) is 55.0 Å². The van der Waals surface area contributed by atoms with Crippen LogP contribution in [0, 0.1) is 13.8 Å². The average molecular weight is 258 g/mol. The predicted octanol–water partition coefficient (Wildman–Crippen LogP) is 5.92. The van der Waals surface area contributed by atoms with Crippen LogP contribution in [0.4, 0.5) is 4.39 Å². The number of unbranched alkanes of at least 4 members (excludes halogenated alkanes) is 1. The Morgan fingerprint density at radius 3 is 2.42 bits per heavy atom. The highest BCUT2D eigenvalue weighted by Crippen LogP contribution is 2.26. The summed E-state index contributed by atoms with van der Waals surface area (Å²) in [7, 11) is 0. The number of hydrogen-bond acceptors (Lipinski definition) is 0. The third-order valence-electron chi connectivity index (χ3n) is 3.15. The first-order chi connectivity index (χ1) is 9.10. The highest BCUT2D eigenvalue weighted by atomic mass is 19.1. The van der Waals surface area contributed by atoms with Gasteiger partial charge in [0, 0.05) is 0 Å². The quantitative estimate of drug-likeness (QED) is 0.556. The van der Waals surface area contributed by atoms with Crippen molar-refractivity contribution in [2.24, 2.45) is 0 Å². The molecule has 1 rings (SSSR count). The highest BCUT2D eigenvalue weighted by molar-refractivity contribution is 5.79. The van der Waals surface area contributed by atoms with E-state index in [0.717, 1.165) is 35.1 Å². The molecule has 0 atom stereocenters. The van der Waals surface area contributed by atoms with Crippen molar-refractivity contribution in [3.63, 3.8) is 0 Å². The molecule has 1 aromatic carbocycles. The van der Waals surface area contributed by atoms with Crippen LogP contribution in [0.25, 0.3) is 5.57 Å². The second kappa shape index (κ2) is 7.73. The van der Waals surface area contributed by atoms with E-state index >= 15 is 0 Å². The van der Waals surface area contributed by atoms with Gasteiger partial charge in [0.1, 0.15) is 5.83 Å². The molecule has 0 aliphatic heterocycles. The fourth-order valence-electron chi connectivity index (χ4n) is 2.19. The Morgan fingerprint density at radius 2 is 1.89 bits per heavy atom. The van der Waals surface area contributed by atoms with E-state index in [1.165, 1.54) is 0 Å². The van der Waals surface area contributed by atoms with Gasteiger partial charge in [0.2, 0.25) is 0 Å². The molecule has 0 amide bonds. The molecule has 102 valence electrons. The van der Waals surface area contributed by atoms with Crippen LogP contribution >= 0.6 is 0 Å². The van der Waals surface area contributed by atoms with Crippen molar-refractivity contribution < 1.29 is 4.39 Å². The van der Waals surface area contributed by atoms with Crippen molar-refractivity contribution in [3.05, 3.63) is 65.5 Å². The number of rotatable bonds is 6. The molecule has 0 aromatic heterocycles. The minimum absolute atomic E-state index is 0.0578. The summed E-state index contributed by atoms with van der Waals surface area (Å²) in [6.45, 7) is 9.90. The minimum atomic E-state index is -0.0578. The van der Waals surface area contributed by atoms with Crippen LogP contribution in [0.2, 0.25) is 0 Å². The van der Waals surface area contributed by atoms with Crippen LogP contribution in [0.5, 0.6) is 0 Å². The van der Waals surface area contributed by atoms with E-state index in [2.05, 4.69) is 39.5 Å². The molecule has 0 saturated carbocycles. The SMILES string of the molecule is C=C/C=C(\C=C(/F)CCCC)c1c(C)cccc1C. The molecular formula is C18H23F. The Bertz CT molecular complexity index is 472. The van der Waals surface area contributed by atoms with Crippen LogP contribution in [-0.4, -0.2) is 0 Å². The van der Waals surface area contributed by atoms with Gasteiger partial charge in [0.15, 0.2) is 0 Å². The van der Waals surface area contributed by atoms with Gasteiger partial charge < -0.3 is 0 Å². The summed E-state index contributed by atoms with van der Waals surface area (Å²) < 4.78 is 13.9. The van der Waals surface area contributed by atoms with E-state index in [4.69, 9.17) is 0 Å². The highest BCUT2D eigenvalue weighted by Gasteiger charge is 2.07. The lowest BCUT2D eigenvalue weighted by atomic mass is 9.94. The Labute approximate surface area is 116 Å². The Morgan fingerprint density at radius 1 is 1.26 bits per heavy atom. The van der Waals surface area contributed by atoms with E-state index in [0.29, 0.717) is 6.42 Å². The number of aryl methyl sites for hydroxylation is 2. The molecule has 0 heterocycles. The molecule has 0 N–H and O–H groups in total. The van der Waals surface area contributed by atoms with E-state index < -0.39 is 0 Å². The second-order valence-electron chi connectivity index (χ2n) is 4.82. The fraction of sp³-hybridized carbons (Fsp3) is 0.333. The smallest absolute Gasteiger partial charge is 0.101 e. The van der Waals surface area contributed by atoms with Gasteiger partial charge in [-0.15, -0.1) is 0 Å². The Hall–Kier alpha value is -1.63. The summed E-state index contributed by atoms with van der Waals surface area (Å²) in [5, 5.41) is 0. The van der Waals surface area contributed by atoms with Crippen LogP contribution in [0.1, 0.15) is 42.9 Å². The standard InChI is InChI=1S/C18H23F/c1-5-7-12-17(19)13-16(9-6-2)18-14(3)10-8-11-15(18)4/h6,8-11,13H,2,5,7,12H2,1,3-4H3/b16-9+,17-13-. The molecule has 0 fully saturated rings. The van der Waals surface area contributed by atoms with Crippen molar-refractivity contribution in [3.8, 4) is 0 Å². The number of allylic oxidation sites excluding steroid dienone is 5. The molecule has 1 aromatic rings. The van der Waals surface area contributed by atoms with Crippen molar-refractivity contribution in [1.82, 2.24) is 0 Å². The van der Waals surface area contributed by atoms with Gasteiger partial charge in [-0.1, -0.05) is 50.3 Å². The minimum Gasteiger partial charge on any atom is -0.212 e. The molecule has 0 radical (unpaired) electrons. The van der Waals surface area contributed by atoms with E-state index in [1.807, 2.05) is 12.1 Å². The Kier molecular flexibility index (Phi) is 6.27.